The van der Waals surface area contributed by atoms with Crippen molar-refractivity contribution >= 4 is 5.95 Å². The molecule has 0 aromatic carbocycles. The molecule has 2 aromatic rings. The molecule has 1 aliphatic carbocycles. The molecule has 22 heavy (non-hydrogen) atoms. The molecule has 7 heteroatoms. The number of methoxy groups -OCH3 is 1. The van der Waals surface area contributed by atoms with Crippen molar-refractivity contribution in [3.8, 4) is 5.88 Å². The van der Waals surface area contributed by atoms with Crippen LogP contribution in [0, 0.1) is 0 Å². The average Bonchev–Trinajstić information content (AvgIpc) is 3.31. The van der Waals surface area contributed by atoms with E-state index in [-0.39, 0.29) is 0 Å². The van der Waals surface area contributed by atoms with Gasteiger partial charge in [0, 0.05) is 37.3 Å². The fourth-order valence-electron chi connectivity index (χ4n) is 3.15. The number of ether oxygens (including phenoxy) is 1. The third kappa shape index (κ3) is 2.51. The number of hydrogen-bond acceptors (Lipinski definition) is 6. The Morgan fingerprint density at radius 3 is 3.00 bits per heavy atom. The van der Waals surface area contributed by atoms with Crippen LogP contribution in [-0.2, 0) is 0 Å². The highest BCUT2D eigenvalue weighted by molar-refractivity contribution is 5.33. The van der Waals surface area contributed by atoms with Crippen LogP contribution in [0.3, 0.4) is 0 Å². The smallest absolute Gasteiger partial charge is 0.228 e. The zero-order chi connectivity index (χ0) is 14.9. The Kier molecular flexibility index (Phi) is 3.40. The van der Waals surface area contributed by atoms with E-state index in [1.807, 2.05) is 6.33 Å². The SMILES string of the molecule is COc1ccnc(N2CCCC(c3nncn3C3CC3)C2)n1. The number of rotatable bonds is 4. The first-order valence-corrected chi connectivity index (χ1v) is 7.86. The number of piperidine rings is 1. The lowest BCUT2D eigenvalue weighted by Crippen LogP contribution is -2.36. The summed E-state index contributed by atoms with van der Waals surface area (Å²) in [5.74, 6) is 2.86. The minimum atomic E-state index is 0.395. The zero-order valence-corrected chi connectivity index (χ0v) is 12.7. The van der Waals surface area contributed by atoms with Crippen LogP contribution >= 0.6 is 0 Å². The normalized spacial score (nSPS) is 21.9. The second-order valence-electron chi connectivity index (χ2n) is 6.01. The minimum Gasteiger partial charge on any atom is -0.481 e. The second-order valence-corrected chi connectivity index (χ2v) is 6.01. The van der Waals surface area contributed by atoms with Crippen molar-refractivity contribution in [2.24, 2.45) is 0 Å². The fraction of sp³-hybridized carbons (Fsp3) is 0.600. The Labute approximate surface area is 129 Å². The van der Waals surface area contributed by atoms with Crippen LogP contribution in [0.2, 0.25) is 0 Å². The molecular weight excluding hydrogens is 280 g/mol. The molecule has 3 heterocycles. The minimum absolute atomic E-state index is 0.395. The van der Waals surface area contributed by atoms with Crippen molar-refractivity contribution in [1.29, 1.82) is 0 Å². The molecule has 0 N–H and O–H groups in total. The molecule has 0 amide bonds. The fourth-order valence-corrected chi connectivity index (χ4v) is 3.15. The van der Waals surface area contributed by atoms with Crippen LogP contribution in [0.4, 0.5) is 5.95 Å². The molecule has 4 rings (SSSR count). The topological polar surface area (TPSA) is 69.0 Å². The maximum Gasteiger partial charge on any atom is 0.228 e. The predicted octanol–water partition coefficient (Wildman–Crippen LogP) is 1.80. The van der Waals surface area contributed by atoms with Gasteiger partial charge in [0.15, 0.2) is 0 Å². The van der Waals surface area contributed by atoms with Gasteiger partial charge in [-0.3, -0.25) is 0 Å². The van der Waals surface area contributed by atoms with E-state index in [0.717, 1.165) is 37.7 Å². The standard InChI is InChI=1S/C15H20N6O/c1-22-13-6-7-16-15(18-13)20-8-2-3-11(9-20)14-19-17-10-21(14)12-4-5-12/h6-7,10-12H,2-5,8-9H2,1H3. The van der Waals surface area contributed by atoms with Gasteiger partial charge in [0.1, 0.15) is 12.2 Å². The van der Waals surface area contributed by atoms with Gasteiger partial charge >= 0.3 is 0 Å². The molecule has 1 aliphatic heterocycles. The summed E-state index contributed by atoms with van der Waals surface area (Å²) in [6.45, 7) is 1.86. The number of aromatic nitrogens is 5. The Morgan fingerprint density at radius 1 is 1.27 bits per heavy atom. The summed E-state index contributed by atoms with van der Waals surface area (Å²) in [6.07, 6.45) is 8.39. The Hall–Kier alpha value is -2.18. The zero-order valence-electron chi connectivity index (χ0n) is 12.7. The summed E-state index contributed by atoms with van der Waals surface area (Å²) in [5, 5.41) is 8.51. The van der Waals surface area contributed by atoms with Gasteiger partial charge in [-0.2, -0.15) is 4.98 Å². The van der Waals surface area contributed by atoms with Crippen LogP contribution in [0.1, 0.15) is 43.5 Å². The van der Waals surface area contributed by atoms with Crippen LogP contribution in [0.15, 0.2) is 18.6 Å². The molecule has 1 saturated heterocycles. The summed E-state index contributed by atoms with van der Waals surface area (Å²) in [4.78, 5) is 11.1. The van der Waals surface area contributed by atoms with Crippen LogP contribution < -0.4 is 9.64 Å². The third-order valence-electron chi connectivity index (χ3n) is 4.44. The molecule has 2 aromatic heterocycles. The van der Waals surface area contributed by atoms with E-state index in [9.17, 15) is 0 Å². The first kappa shape index (κ1) is 13.5. The molecule has 0 bridgehead atoms. The maximum absolute atomic E-state index is 5.20. The first-order chi connectivity index (χ1) is 10.8. The number of anilines is 1. The van der Waals surface area contributed by atoms with Crippen molar-refractivity contribution in [2.45, 2.75) is 37.6 Å². The summed E-state index contributed by atoms with van der Waals surface area (Å²) in [7, 11) is 1.63. The van der Waals surface area contributed by atoms with E-state index in [0.29, 0.717) is 17.8 Å². The highest BCUT2D eigenvalue weighted by Crippen LogP contribution is 2.38. The number of nitrogens with zero attached hydrogens (tertiary/aromatic N) is 6. The lowest BCUT2D eigenvalue weighted by atomic mass is 9.97. The number of hydrogen-bond donors (Lipinski definition) is 0. The largest absolute Gasteiger partial charge is 0.481 e. The Bertz CT molecular complexity index is 653. The third-order valence-corrected chi connectivity index (χ3v) is 4.44. The molecule has 0 radical (unpaired) electrons. The molecule has 0 spiro atoms. The molecule has 1 unspecified atom stereocenters. The molecule has 2 fully saturated rings. The van der Waals surface area contributed by atoms with Crippen LogP contribution in [-0.4, -0.2) is 44.9 Å². The van der Waals surface area contributed by atoms with Gasteiger partial charge in [-0.1, -0.05) is 0 Å². The van der Waals surface area contributed by atoms with Gasteiger partial charge in [0.05, 0.1) is 7.11 Å². The molecule has 2 aliphatic rings. The monoisotopic (exact) mass is 300 g/mol. The van der Waals surface area contributed by atoms with Gasteiger partial charge in [0.2, 0.25) is 11.8 Å². The van der Waals surface area contributed by atoms with Gasteiger partial charge < -0.3 is 14.2 Å². The quantitative estimate of drug-likeness (QED) is 0.857. The van der Waals surface area contributed by atoms with Crippen LogP contribution in [0.5, 0.6) is 5.88 Å². The first-order valence-electron chi connectivity index (χ1n) is 7.86. The van der Waals surface area contributed by atoms with Crippen molar-refractivity contribution in [1.82, 2.24) is 24.7 Å². The molecular formula is C15H20N6O. The van der Waals surface area contributed by atoms with Gasteiger partial charge in [-0.15, -0.1) is 10.2 Å². The summed E-state index contributed by atoms with van der Waals surface area (Å²) in [5.41, 5.74) is 0. The van der Waals surface area contributed by atoms with Crippen molar-refractivity contribution in [2.75, 3.05) is 25.1 Å². The van der Waals surface area contributed by atoms with Gasteiger partial charge in [-0.25, -0.2) is 4.98 Å². The highest BCUT2D eigenvalue weighted by atomic mass is 16.5. The predicted molar refractivity (Wildman–Crippen MR) is 81.1 cm³/mol. The van der Waals surface area contributed by atoms with E-state index >= 15 is 0 Å². The van der Waals surface area contributed by atoms with Gasteiger partial charge in [-0.05, 0) is 25.7 Å². The summed E-state index contributed by atoms with van der Waals surface area (Å²) >= 11 is 0. The van der Waals surface area contributed by atoms with E-state index in [4.69, 9.17) is 4.74 Å². The highest BCUT2D eigenvalue weighted by Gasteiger charge is 2.32. The van der Waals surface area contributed by atoms with E-state index in [1.165, 1.54) is 12.8 Å². The average molecular weight is 300 g/mol. The summed E-state index contributed by atoms with van der Waals surface area (Å²) < 4.78 is 7.46. The van der Waals surface area contributed by atoms with Crippen molar-refractivity contribution in [3.63, 3.8) is 0 Å². The molecule has 1 saturated carbocycles. The molecule has 7 nitrogen and oxygen atoms in total. The van der Waals surface area contributed by atoms with Crippen LogP contribution in [0.25, 0.3) is 0 Å². The molecule has 116 valence electrons. The lowest BCUT2D eigenvalue weighted by molar-refractivity contribution is 0.395. The Balaban J connectivity index is 1.55. The maximum atomic E-state index is 5.20. The van der Waals surface area contributed by atoms with E-state index < -0.39 is 0 Å². The van der Waals surface area contributed by atoms with E-state index in [1.54, 1.807) is 19.4 Å². The van der Waals surface area contributed by atoms with E-state index in [2.05, 4.69) is 29.6 Å². The van der Waals surface area contributed by atoms with Crippen molar-refractivity contribution < 1.29 is 4.74 Å². The Morgan fingerprint density at radius 2 is 2.18 bits per heavy atom. The van der Waals surface area contributed by atoms with Crippen molar-refractivity contribution in [3.05, 3.63) is 24.4 Å². The second kappa shape index (κ2) is 5.55. The lowest BCUT2D eigenvalue weighted by Gasteiger charge is -2.32. The summed E-state index contributed by atoms with van der Waals surface area (Å²) in [6, 6.07) is 2.39. The van der Waals surface area contributed by atoms with Gasteiger partial charge in [0.25, 0.3) is 0 Å². The molecule has 1 atom stereocenters.